The highest BCUT2D eigenvalue weighted by molar-refractivity contribution is 5.81. The molecule has 2 rings (SSSR count). The zero-order valence-electron chi connectivity index (χ0n) is 12.9. The van der Waals surface area contributed by atoms with Gasteiger partial charge >= 0.3 is 0 Å². The molecule has 2 aliphatic rings. The normalized spacial score (nSPS) is 23.9. The third kappa shape index (κ3) is 4.97. The molecule has 2 fully saturated rings. The second kappa shape index (κ2) is 8.34. The molecule has 21 heavy (non-hydrogen) atoms. The van der Waals surface area contributed by atoms with Crippen LogP contribution in [0.1, 0.15) is 32.1 Å². The van der Waals surface area contributed by atoms with E-state index in [-0.39, 0.29) is 17.7 Å². The van der Waals surface area contributed by atoms with E-state index in [1.54, 1.807) is 7.05 Å². The number of amides is 2. The summed E-state index contributed by atoms with van der Waals surface area (Å²) < 4.78 is 5.77. The van der Waals surface area contributed by atoms with Crippen molar-refractivity contribution in [1.82, 2.24) is 15.5 Å². The van der Waals surface area contributed by atoms with Gasteiger partial charge in [0.15, 0.2) is 0 Å². The molecule has 0 aromatic carbocycles. The lowest BCUT2D eigenvalue weighted by molar-refractivity contribution is -0.136. The summed E-state index contributed by atoms with van der Waals surface area (Å²) in [5.74, 6) is 0.0917. The van der Waals surface area contributed by atoms with Crippen molar-refractivity contribution in [2.45, 2.75) is 38.2 Å². The number of nitrogens with one attached hydrogen (secondary N) is 2. The van der Waals surface area contributed by atoms with Crippen molar-refractivity contribution in [3.8, 4) is 0 Å². The van der Waals surface area contributed by atoms with Crippen LogP contribution in [0, 0.1) is 5.92 Å². The van der Waals surface area contributed by atoms with E-state index in [9.17, 15) is 9.59 Å². The molecule has 1 atom stereocenters. The topological polar surface area (TPSA) is 70.7 Å². The molecule has 0 saturated carbocycles. The summed E-state index contributed by atoms with van der Waals surface area (Å²) in [4.78, 5) is 25.7. The molecule has 2 heterocycles. The van der Waals surface area contributed by atoms with Gasteiger partial charge in [0.05, 0.1) is 25.0 Å². The smallest absolute Gasteiger partial charge is 0.224 e. The molecule has 6 heteroatoms. The number of rotatable bonds is 5. The lowest BCUT2D eigenvalue weighted by Crippen LogP contribution is -2.45. The van der Waals surface area contributed by atoms with Gasteiger partial charge in [0.25, 0.3) is 0 Å². The average molecular weight is 297 g/mol. The minimum Gasteiger partial charge on any atom is -0.378 e. The molecule has 2 N–H and O–H groups in total. The summed E-state index contributed by atoms with van der Waals surface area (Å²) in [6.45, 7) is 3.80. The number of carbonyl (C=O) groups excluding carboxylic acids is 2. The summed E-state index contributed by atoms with van der Waals surface area (Å²) in [6.07, 6.45) is 4.53. The zero-order chi connectivity index (χ0) is 15.1. The van der Waals surface area contributed by atoms with Gasteiger partial charge < -0.3 is 20.3 Å². The molecule has 2 amide bonds. The Morgan fingerprint density at radius 3 is 2.76 bits per heavy atom. The second-order valence-electron chi connectivity index (χ2n) is 5.86. The standard InChI is InChI=1S/C15H27N3O3/c1-16-15(20)12-3-2-9-18(11-12)14(19)6-10-21-13-4-7-17-8-5-13/h12-13,17H,2-11H2,1H3,(H,16,20). The molecule has 0 aliphatic carbocycles. The summed E-state index contributed by atoms with van der Waals surface area (Å²) in [7, 11) is 1.65. The number of likely N-dealkylation sites (tertiary alicyclic amines) is 1. The molecule has 0 aromatic rings. The maximum absolute atomic E-state index is 12.2. The van der Waals surface area contributed by atoms with E-state index in [0.717, 1.165) is 45.3 Å². The van der Waals surface area contributed by atoms with Crippen molar-refractivity contribution in [1.29, 1.82) is 0 Å². The highest BCUT2D eigenvalue weighted by atomic mass is 16.5. The van der Waals surface area contributed by atoms with Crippen molar-refractivity contribution >= 4 is 11.8 Å². The lowest BCUT2D eigenvalue weighted by Gasteiger charge is -2.32. The van der Waals surface area contributed by atoms with Crippen LogP contribution in [-0.4, -0.2) is 62.7 Å². The van der Waals surface area contributed by atoms with E-state index in [0.29, 0.717) is 25.7 Å². The maximum atomic E-state index is 12.2. The fourth-order valence-electron chi connectivity index (χ4n) is 3.05. The molecule has 0 radical (unpaired) electrons. The van der Waals surface area contributed by atoms with Crippen LogP contribution in [0.3, 0.4) is 0 Å². The lowest BCUT2D eigenvalue weighted by atomic mass is 9.97. The number of ether oxygens (including phenoxy) is 1. The van der Waals surface area contributed by atoms with Crippen LogP contribution in [0.25, 0.3) is 0 Å². The number of carbonyl (C=O) groups is 2. The Morgan fingerprint density at radius 1 is 1.29 bits per heavy atom. The van der Waals surface area contributed by atoms with Crippen molar-refractivity contribution in [2.24, 2.45) is 5.92 Å². The highest BCUT2D eigenvalue weighted by Gasteiger charge is 2.27. The van der Waals surface area contributed by atoms with Gasteiger partial charge in [-0.3, -0.25) is 9.59 Å². The maximum Gasteiger partial charge on any atom is 0.224 e. The van der Waals surface area contributed by atoms with Crippen LogP contribution >= 0.6 is 0 Å². The Labute approximate surface area is 126 Å². The fourth-order valence-corrected chi connectivity index (χ4v) is 3.05. The van der Waals surface area contributed by atoms with Crippen LogP contribution in [-0.2, 0) is 14.3 Å². The Balaban J connectivity index is 1.68. The molecule has 1 unspecified atom stereocenters. The predicted octanol–water partition coefficient (Wildman–Crippen LogP) is 0.130. The van der Waals surface area contributed by atoms with E-state index in [2.05, 4.69) is 10.6 Å². The largest absolute Gasteiger partial charge is 0.378 e. The third-order valence-corrected chi connectivity index (χ3v) is 4.35. The quantitative estimate of drug-likeness (QED) is 0.757. The minimum atomic E-state index is -0.0574. The first-order chi connectivity index (χ1) is 10.2. The zero-order valence-corrected chi connectivity index (χ0v) is 12.9. The Bertz CT molecular complexity index is 356. The molecular formula is C15H27N3O3. The number of nitrogens with zero attached hydrogens (tertiary/aromatic N) is 1. The van der Waals surface area contributed by atoms with E-state index < -0.39 is 0 Å². The van der Waals surface area contributed by atoms with E-state index >= 15 is 0 Å². The van der Waals surface area contributed by atoms with Gasteiger partial charge in [-0.1, -0.05) is 0 Å². The minimum absolute atomic E-state index is 0.0402. The first-order valence-electron chi connectivity index (χ1n) is 8.02. The van der Waals surface area contributed by atoms with Crippen LogP contribution in [0.4, 0.5) is 0 Å². The summed E-state index contributed by atoms with van der Waals surface area (Å²) in [6, 6.07) is 0. The Hall–Kier alpha value is -1.14. The molecule has 0 spiro atoms. The van der Waals surface area contributed by atoms with Gasteiger partial charge in [-0.05, 0) is 38.8 Å². The Kier molecular flexibility index (Phi) is 6.45. The van der Waals surface area contributed by atoms with Gasteiger partial charge in [-0.25, -0.2) is 0 Å². The molecule has 2 aliphatic heterocycles. The molecule has 120 valence electrons. The highest BCUT2D eigenvalue weighted by Crippen LogP contribution is 2.17. The van der Waals surface area contributed by atoms with Crippen molar-refractivity contribution < 1.29 is 14.3 Å². The van der Waals surface area contributed by atoms with Gasteiger partial charge in [0.1, 0.15) is 0 Å². The number of hydrogen-bond donors (Lipinski definition) is 2. The van der Waals surface area contributed by atoms with E-state index in [1.165, 1.54) is 0 Å². The second-order valence-corrected chi connectivity index (χ2v) is 5.86. The van der Waals surface area contributed by atoms with Crippen molar-refractivity contribution in [2.75, 3.05) is 39.8 Å². The van der Waals surface area contributed by atoms with Gasteiger partial charge in [0.2, 0.25) is 11.8 Å². The molecule has 2 saturated heterocycles. The van der Waals surface area contributed by atoms with Crippen LogP contribution < -0.4 is 10.6 Å². The van der Waals surface area contributed by atoms with Crippen molar-refractivity contribution in [3.63, 3.8) is 0 Å². The summed E-state index contributed by atoms with van der Waals surface area (Å²) in [5.41, 5.74) is 0. The van der Waals surface area contributed by atoms with Gasteiger partial charge in [0, 0.05) is 20.1 Å². The first kappa shape index (κ1) is 16.2. The first-order valence-corrected chi connectivity index (χ1v) is 8.02. The van der Waals surface area contributed by atoms with Gasteiger partial charge in [-0.2, -0.15) is 0 Å². The van der Waals surface area contributed by atoms with Gasteiger partial charge in [-0.15, -0.1) is 0 Å². The molecular weight excluding hydrogens is 270 g/mol. The van der Waals surface area contributed by atoms with Crippen LogP contribution in [0.2, 0.25) is 0 Å². The Morgan fingerprint density at radius 2 is 2.05 bits per heavy atom. The number of hydrogen-bond acceptors (Lipinski definition) is 4. The van der Waals surface area contributed by atoms with Crippen LogP contribution in [0.5, 0.6) is 0 Å². The SMILES string of the molecule is CNC(=O)C1CCCN(C(=O)CCOC2CCNCC2)C1. The monoisotopic (exact) mass is 297 g/mol. The van der Waals surface area contributed by atoms with Crippen LogP contribution in [0.15, 0.2) is 0 Å². The molecule has 0 aromatic heterocycles. The van der Waals surface area contributed by atoms with E-state index in [4.69, 9.17) is 4.74 Å². The summed E-state index contributed by atoms with van der Waals surface area (Å²) in [5, 5.41) is 5.97. The van der Waals surface area contributed by atoms with Crippen molar-refractivity contribution in [3.05, 3.63) is 0 Å². The number of piperidine rings is 2. The predicted molar refractivity (Wildman–Crippen MR) is 79.8 cm³/mol. The fraction of sp³-hybridized carbons (Fsp3) is 0.867. The summed E-state index contributed by atoms with van der Waals surface area (Å²) >= 11 is 0. The third-order valence-electron chi connectivity index (χ3n) is 4.35. The molecule has 0 bridgehead atoms. The molecule has 6 nitrogen and oxygen atoms in total. The van der Waals surface area contributed by atoms with E-state index in [1.807, 2.05) is 4.90 Å². The average Bonchev–Trinajstić information content (AvgIpc) is 2.55.